The Hall–Kier alpha value is -4.34. The molecule has 0 fully saturated rings. The molecule has 0 aliphatic carbocycles. The van der Waals surface area contributed by atoms with Crippen LogP contribution in [-0.4, -0.2) is 50.9 Å². The summed E-state index contributed by atoms with van der Waals surface area (Å²) in [4.78, 5) is 30.0. The topological polar surface area (TPSA) is 96.0 Å². The summed E-state index contributed by atoms with van der Waals surface area (Å²) in [5.41, 5.74) is 2.87. The number of aryl methyl sites for hydroxylation is 1. The van der Waals surface area contributed by atoms with Crippen LogP contribution in [0, 0.1) is 6.92 Å². The Labute approximate surface area is 277 Å². The number of hydrogen-bond acceptors (Lipinski definition) is 5. The number of nitrogens with zero attached hydrogens (tertiary/aromatic N) is 2. The molecule has 10 heteroatoms. The molecule has 0 aromatic heterocycles. The molecule has 2 atom stereocenters. The lowest BCUT2D eigenvalue weighted by Gasteiger charge is -2.34. The zero-order chi connectivity index (χ0) is 33.3. The summed E-state index contributed by atoms with van der Waals surface area (Å²) < 4.78 is 34.6. The average molecular weight is 662 g/mol. The molecule has 0 spiro atoms. The van der Waals surface area contributed by atoms with Crippen molar-refractivity contribution >= 4 is 39.1 Å². The molecule has 4 aromatic carbocycles. The zero-order valence-corrected chi connectivity index (χ0v) is 28.1. The van der Waals surface area contributed by atoms with E-state index in [-0.39, 0.29) is 35.5 Å². The Kier molecular flexibility index (Phi) is 11.8. The molecule has 0 bridgehead atoms. The SMILES string of the molecule is CCC(C)NC(=O)C(Cc1ccccc1)N(Cc1ccccc1C)C(=O)CN(c1cccc(Cl)c1)S(=O)(=O)c1ccc(OC)cc1. The second-order valence-electron chi connectivity index (χ2n) is 11.1. The fourth-order valence-corrected chi connectivity index (χ4v) is 6.59. The van der Waals surface area contributed by atoms with E-state index < -0.39 is 28.5 Å². The van der Waals surface area contributed by atoms with E-state index in [2.05, 4.69) is 5.32 Å². The summed E-state index contributed by atoms with van der Waals surface area (Å²) in [5.74, 6) is -0.363. The third kappa shape index (κ3) is 8.68. The Morgan fingerprint density at radius 2 is 1.59 bits per heavy atom. The summed E-state index contributed by atoms with van der Waals surface area (Å²) in [6, 6.07) is 28.4. The van der Waals surface area contributed by atoms with Crippen molar-refractivity contribution in [3.8, 4) is 5.75 Å². The monoisotopic (exact) mass is 661 g/mol. The second kappa shape index (κ2) is 15.8. The molecule has 0 aliphatic rings. The number of rotatable bonds is 14. The maximum Gasteiger partial charge on any atom is 0.264 e. The quantitative estimate of drug-likeness (QED) is 0.169. The maximum atomic E-state index is 14.6. The van der Waals surface area contributed by atoms with Crippen molar-refractivity contribution in [1.29, 1.82) is 0 Å². The number of hydrogen-bond donors (Lipinski definition) is 1. The number of sulfonamides is 1. The highest BCUT2D eigenvalue weighted by atomic mass is 35.5. The lowest BCUT2D eigenvalue weighted by Crippen LogP contribution is -2.54. The van der Waals surface area contributed by atoms with Gasteiger partial charge in [-0.1, -0.05) is 79.2 Å². The van der Waals surface area contributed by atoms with Crippen LogP contribution in [0.1, 0.15) is 37.0 Å². The summed E-state index contributed by atoms with van der Waals surface area (Å²) in [6.45, 7) is 5.36. The van der Waals surface area contributed by atoms with E-state index in [9.17, 15) is 18.0 Å². The number of halogens is 1. The van der Waals surface area contributed by atoms with Gasteiger partial charge in [-0.2, -0.15) is 0 Å². The molecule has 0 heterocycles. The van der Waals surface area contributed by atoms with Gasteiger partial charge >= 0.3 is 0 Å². The Morgan fingerprint density at radius 3 is 2.22 bits per heavy atom. The first-order chi connectivity index (χ1) is 22.0. The Balaban J connectivity index is 1.82. The van der Waals surface area contributed by atoms with Gasteiger partial charge in [-0.25, -0.2) is 8.42 Å². The number of carbonyl (C=O) groups is 2. The van der Waals surface area contributed by atoms with Crippen molar-refractivity contribution in [3.63, 3.8) is 0 Å². The smallest absolute Gasteiger partial charge is 0.264 e. The fraction of sp³-hybridized carbons (Fsp3) is 0.278. The van der Waals surface area contributed by atoms with Crippen LogP contribution in [0.2, 0.25) is 5.02 Å². The van der Waals surface area contributed by atoms with Gasteiger partial charge in [-0.15, -0.1) is 0 Å². The van der Waals surface area contributed by atoms with Crippen LogP contribution in [0.3, 0.4) is 0 Å². The predicted molar refractivity (Wildman–Crippen MR) is 183 cm³/mol. The van der Waals surface area contributed by atoms with Gasteiger partial charge in [-0.3, -0.25) is 13.9 Å². The molecule has 242 valence electrons. The van der Waals surface area contributed by atoms with Gasteiger partial charge in [0.05, 0.1) is 17.7 Å². The highest BCUT2D eigenvalue weighted by molar-refractivity contribution is 7.92. The number of benzene rings is 4. The van der Waals surface area contributed by atoms with Gasteiger partial charge in [-0.05, 0) is 79.4 Å². The maximum absolute atomic E-state index is 14.6. The van der Waals surface area contributed by atoms with E-state index in [1.54, 1.807) is 30.3 Å². The molecule has 1 N–H and O–H groups in total. The summed E-state index contributed by atoms with van der Waals surface area (Å²) >= 11 is 6.31. The van der Waals surface area contributed by atoms with Gasteiger partial charge in [0, 0.05) is 24.0 Å². The second-order valence-corrected chi connectivity index (χ2v) is 13.4. The standard InChI is InChI=1S/C36H40ClN3O5S/c1-5-27(3)38-36(42)34(22-28-13-7-6-8-14-28)39(24-29-15-10-9-12-26(29)2)35(41)25-40(31-17-11-16-30(37)23-31)46(43,44)33-20-18-32(45-4)19-21-33/h6-21,23,27,34H,5,22,24-25H2,1-4H3,(H,38,42). The number of nitrogens with one attached hydrogen (secondary N) is 1. The first kappa shape index (κ1) is 34.5. The lowest BCUT2D eigenvalue weighted by atomic mass is 10.0. The third-order valence-electron chi connectivity index (χ3n) is 7.90. The van der Waals surface area contributed by atoms with E-state index in [4.69, 9.17) is 16.3 Å². The molecular weight excluding hydrogens is 622 g/mol. The first-order valence-corrected chi connectivity index (χ1v) is 17.0. The number of anilines is 1. The Morgan fingerprint density at radius 1 is 0.913 bits per heavy atom. The van der Waals surface area contributed by atoms with Crippen molar-refractivity contribution < 1.29 is 22.7 Å². The number of carbonyl (C=O) groups excluding carboxylic acids is 2. The van der Waals surface area contributed by atoms with Gasteiger partial charge in [0.15, 0.2) is 0 Å². The molecule has 0 saturated carbocycles. The van der Waals surface area contributed by atoms with Gasteiger partial charge < -0.3 is 15.0 Å². The minimum atomic E-state index is -4.26. The van der Waals surface area contributed by atoms with Crippen molar-refractivity contribution in [2.75, 3.05) is 18.0 Å². The molecule has 2 unspecified atom stereocenters. The van der Waals surface area contributed by atoms with Crippen LogP contribution in [0.15, 0.2) is 108 Å². The van der Waals surface area contributed by atoms with E-state index in [1.807, 2.05) is 75.4 Å². The molecular formula is C36H40ClN3O5S. The van der Waals surface area contributed by atoms with Crippen LogP contribution in [0.25, 0.3) is 0 Å². The van der Waals surface area contributed by atoms with E-state index in [1.165, 1.54) is 30.2 Å². The molecule has 0 aliphatic heterocycles. The van der Waals surface area contributed by atoms with Gasteiger partial charge in [0.1, 0.15) is 18.3 Å². The van der Waals surface area contributed by atoms with E-state index >= 15 is 0 Å². The lowest BCUT2D eigenvalue weighted by molar-refractivity contribution is -0.140. The Bertz CT molecular complexity index is 1730. The molecule has 0 saturated heterocycles. The van der Waals surface area contributed by atoms with E-state index in [0.717, 1.165) is 21.0 Å². The first-order valence-electron chi connectivity index (χ1n) is 15.1. The summed E-state index contributed by atoms with van der Waals surface area (Å²) in [7, 11) is -2.77. The molecule has 4 aromatic rings. The van der Waals surface area contributed by atoms with E-state index in [0.29, 0.717) is 17.2 Å². The normalized spacial score (nSPS) is 12.5. The van der Waals surface area contributed by atoms with Crippen molar-refractivity contribution in [2.24, 2.45) is 0 Å². The molecule has 0 radical (unpaired) electrons. The summed E-state index contributed by atoms with van der Waals surface area (Å²) in [5, 5.41) is 3.36. The largest absolute Gasteiger partial charge is 0.497 e. The fourth-order valence-electron chi connectivity index (χ4n) is 5.00. The third-order valence-corrected chi connectivity index (χ3v) is 9.92. The molecule has 2 amide bonds. The zero-order valence-electron chi connectivity index (χ0n) is 26.5. The molecule has 46 heavy (non-hydrogen) atoms. The predicted octanol–water partition coefficient (Wildman–Crippen LogP) is 6.41. The number of methoxy groups -OCH3 is 1. The summed E-state index contributed by atoms with van der Waals surface area (Å²) in [6.07, 6.45) is 0.946. The van der Waals surface area contributed by atoms with Crippen molar-refractivity contribution in [1.82, 2.24) is 10.2 Å². The van der Waals surface area contributed by atoms with Crippen molar-refractivity contribution in [3.05, 3.63) is 125 Å². The van der Waals surface area contributed by atoms with Crippen LogP contribution >= 0.6 is 11.6 Å². The molecule has 8 nitrogen and oxygen atoms in total. The number of amides is 2. The van der Waals surface area contributed by atoms with Crippen molar-refractivity contribution in [2.45, 2.75) is 57.1 Å². The van der Waals surface area contributed by atoms with Crippen LogP contribution < -0.4 is 14.4 Å². The highest BCUT2D eigenvalue weighted by Crippen LogP contribution is 2.28. The van der Waals surface area contributed by atoms with Gasteiger partial charge in [0.25, 0.3) is 10.0 Å². The highest BCUT2D eigenvalue weighted by Gasteiger charge is 2.35. The molecule has 4 rings (SSSR count). The average Bonchev–Trinajstić information content (AvgIpc) is 3.06. The van der Waals surface area contributed by atoms with Crippen LogP contribution in [0.4, 0.5) is 5.69 Å². The van der Waals surface area contributed by atoms with Crippen LogP contribution in [0.5, 0.6) is 5.75 Å². The van der Waals surface area contributed by atoms with Crippen LogP contribution in [-0.2, 0) is 32.6 Å². The minimum Gasteiger partial charge on any atom is -0.497 e. The number of ether oxygens (including phenoxy) is 1. The minimum absolute atomic E-state index is 0.0260. The van der Waals surface area contributed by atoms with Gasteiger partial charge in [0.2, 0.25) is 11.8 Å².